The van der Waals surface area contributed by atoms with Crippen LogP contribution in [0.5, 0.6) is 0 Å². The van der Waals surface area contributed by atoms with Crippen LogP contribution in [0.2, 0.25) is 0 Å². The van der Waals surface area contributed by atoms with Crippen molar-refractivity contribution in [2.24, 2.45) is 0 Å². The van der Waals surface area contributed by atoms with E-state index in [0.717, 1.165) is 5.57 Å². The normalized spacial score (nSPS) is 15.3. The molecule has 1 aliphatic rings. The molecular formula is C26H23O+. The van der Waals surface area contributed by atoms with Gasteiger partial charge in [0.05, 0.1) is 11.0 Å². The monoisotopic (exact) mass is 351 g/mol. The first-order valence-corrected chi connectivity index (χ1v) is 9.28. The maximum absolute atomic E-state index is 5.56. The van der Waals surface area contributed by atoms with Crippen LogP contribution in [-0.2, 0) is 9.84 Å². The van der Waals surface area contributed by atoms with Crippen molar-refractivity contribution in [1.82, 2.24) is 0 Å². The summed E-state index contributed by atoms with van der Waals surface area (Å²) in [6.07, 6.45) is 8.18. The first kappa shape index (κ1) is 17.2. The lowest BCUT2D eigenvalue weighted by atomic mass is 9.67. The summed E-state index contributed by atoms with van der Waals surface area (Å²) in [5.74, 6) is 0. The molecule has 3 aromatic carbocycles. The van der Waals surface area contributed by atoms with Crippen molar-refractivity contribution in [3.8, 4) is 11.1 Å². The second-order valence-corrected chi connectivity index (χ2v) is 6.71. The maximum atomic E-state index is 5.56. The number of rotatable bonds is 4. The Morgan fingerprint density at radius 3 is 1.89 bits per heavy atom. The highest BCUT2D eigenvalue weighted by Crippen LogP contribution is 2.55. The predicted molar refractivity (Wildman–Crippen MR) is 113 cm³/mol. The van der Waals surface area contributed by atoms with E-state index >= 15 is 0 Å². The number of hydrogen-bond donors (Lipinski definition) is 0. The molecule has 132 valence electrons. The van der Waals surface area contributed by atoms with E-state index in [1.807, 2.05) is 13.2 Å². The fourth-order valence-electron chi connectivity index (χ4n) is 4.29. The van der Waals surface area contributed by atoms with Gasteiger partial charge in [-0.3, -0.25) is 4.42 Å². The van der Waals surface area contributed by atoms with Gasteiger partial charge in [0.1, 0.15) is 0 Å². The molecule has 1 nitrogen and oxygen atoms in total. The van der Waals surface area contributed by atoms with Crippen molar-refractivity contribution in [3.63, 3.8) is 0 Å². The first-order valence-electron chi connectivity index (χ1n) is 9.28. The highest BCUT2D eigenvalue weighted by molar-refractivity contribution is 5.93. The summed E-state index contributed by atoms with van der Waals surface area (Å²) in [4.78, 5) is 0. The Balaban J connectivity index is 2.18. The topological polar surface area (TPSA) is 11.3 Å². The molecule has 0 saturated carbocycles. The van der Waals surface area contributed by atoms with Crippen molar-refractivity contribution in [3.05, 3.63) is 119 Å². The molecule has 0 N–H and O–H groups in total. The van der Waals surface area contributed by atoms with Crippen LogP contribution in [0.25, 0.3) is 11.1 Å². The molecule has 0 unspecified atom stereocenters. The number of allylic oxidation sites excluding steroid dienone is 4. The van der Waals surface area contributed by atoms with Crippen LogP contribution in [-0.4, -0.2) is 13.4 Å². The van der Waals surface area contributed by atoms with Gasteiger partial charge in [-0.05, 0) is 40.8 Å². The Morgan fingerprint density at radius 2 is 1.33 bits per heavy atom. The molecular weight excluding hydrogens is 328 g/mol. The molecule has 0 saturated heterocycles. The lowest BCUT2D eigenvalue weighted by Gasteiger charge is -2.32. The molecule has 0 spiro atoms. The van der Waals surface area contributed by atoms with Gasteiger partial charge in [-0.25, -0.2) is 0 Å². The highest BCUT2D eigenvalue weighted by Gasteiger charge is 2.48. The zero-order valence-corrected chi connectivity index (χ0v) is 15.7. The van der Waals surface area contributed by atoms with Crippen molar-refractivity contribution >= 4 is 6.29 Å². The van der Waals surface area contributed by atoms with Crippen molar-refractivity contribution in [1.29, 1.82) is 0 Å². The van der Waals surface area contributed by atoms with Gasteiger partial charge in [-0.2, -0.15) is 0 Å². The van der Waals surface area contributed by atoms with Crippen molar-refractivity contribution in [2.45, 2.75) is 12.3 Å². The molecule has 0 radical (unpaired) electrons. The zero-order valence-electron chi connectivity index (χ0n) is 15.7. The van der Waals surface area contributed by atoms with E-state index in [9.17, 15) is 0 Å². The van der Waals surface area contributed by atoms with E-state index in [-0.39, 0.29) is 0 Å². The van der Waals surface area contributed by atoms with Gasteiger partial charge in [0.15, 0.2) is 0 Å². The summed E-state index contributed by atoms with van der Waals surface area (Å²) < 4.78 is 5.56. The molecule has 0 aliphatic heterocycles. The lowest BCUT2D eigenvalue weighted by molar-refractivity contribution is -0.413. The number of aldehydes is 1. The smallest absolute Gasteiger partial charge is 0.265 e. The summed E-state index contributed by atoms with van der Waals surface area (Å²) in [6.45, 7) is 2.03. The molecule has 27 heavy (non-hydrogen) atoms. The Hall–Kier alpha value is -3.19. The van der Waals surface area contributed by atoms with Gasteiger partial charge < -0.3 is 0 Å². The molecule has 1 heteroatoms. The molecule has 0 amide bonds. The Labute approximate surface area is 161 Å². The average molecular weight is 351 g/mol. The zero-order chi connectivity index (χ0) is 18.7. The standard InChI is InChI=1S/C26H23O/c1-3-4-12-21(19-27-2)26(20-13-6-5-7-14-20)24-17-10-8-15-22(24)23-16-9-11-18-25(23)26/h3-19H,1-2H3/q+1/b4-3-,21-12+. The Morgan fingerprint density at radius 1 is 0.778 bits per heavy atom. The van der Waals surface area contributed by atoms with E-state index in [4.69, 9.17) is 4.42 Å². The van der Waals surface area contributed by atoms with Crippen LogP contribution in [0, 0.1) is 0 Å². The van der Waals surface area contributed by atoms with Gasteiger partial charge >= 0.3 is 6.29 Å². The third-order valence-corrected chi connectivity index (χ3v) is 5.31. The SMILES string of the molecule is C/C=C\C=C(/C=[O+]C)C1(c2ccccc2)c2ccccc2-c2ccccc21. The summed E-state index contributed by atoms with van der Waals surface area (Å²) >= 11 is 0. The lowest BCUT2D eigenvalue weighted by Crippen LogP contribution is -2.30. The van der Waals surface area contributed by atoms with Gasteiger partial charge in [0.2, 0.25) is 0 Å². The van der Waals surface area contributed by atoms with Crippen molar-refractivity contribution < 1.29 is 4.42 Å². The van der Waals surface area contributed by atoms with E-state index in [1.165, 1.54) is 27.8 Å². The van der Waals surface area contributed by atoms with Gasteiger partial charge in [0, 0.05) is 0 Å². The van der Waals surface area contributed by atoms with Crippen LogP contribution in [0.1, 0.15) is 23.6 Å². The quantitative estimate of drug-likeness (QED) is 0.241. The van der Waals surface area contributed by atoms with Crippen LogP contribution < -0.4 is 0 Å². The number of carbonyl (C=O) groups excluding carboxylic acids is 1. The Bertz CT molecular complexity index is 993. The first-order chi connectivity index (χ1) is 13.3. The largest absolute Gasteiger partial charge is 0.312 e. The summed E-state index contributed by atoms with van der Waals surface area (Å²) in [6, 6.07) is 28.1. The fraction of sp³-hybridized carbons (Fsp3) is 0.115. The van der Waals surface area contributed by atoms with E-state index < -0.39 is 5.41 Å². The van der Waals surface area contributed by atoms with Gasteiger partial charge in [0.25, 0.3) is 7.11 Å². The summed E-state index contributed by atoms with van der Waals surface area (Å²) in [7, 11) is 1.72. The molecule has 0 aromatic heterocycles. The number of hydrogen-bond acceptors (Lipinski definition) is 0. The Kier molecular flexibility index (Phi) is 4.60. The van der Waals surface area contributed by atoms with E-state index in [1.54, 1.807) is 7.11 Å². The minimum Gasteiger partial charge on any atom is -0.265 e. The number of fused-ring (bicyclic) bond motifs is 3. The molecule has 0 fully saturated rings. The summed E-state index contributed by atoms with van der Waals surface area (Å²) in [5, 5.41) is 0. The van der Waals surface area contributed by atoms with Crippen LogP contribution in [0.3, 0.4) is 0 Å². The second kappa shape index (κ2) is 7.20. The van der Waals surface area contributed by atoms with Gasteiger partial charge in [-0.1, -0.05) is 91.0 Å². The maximum Gasteiger partial charge on any atom is 0.312 e. The minimum atomic E-state index is -0.399. The van der Waals surface area contributed by atoms with Crippen LogP contribution in [0.4, 0.5) is 0 Å². The van der Waals surface area contributed by atoms with Crippen LogP contribution >= 0.6 is 0 Å². The van der Waals surface area contributed by atoms with Crippen LogP contribution in [0.15, 0.2) is 103 Å². The van der Waals surface area contributed by atoms with E-state index in [0.29, 0.717) is 0 Å². The minimum absolute atomic E-state index is 0.399. The third-order valence-electron chi connectivity index (χ3n) is 5.31. The molecule has 0 heterocycles. The summed E-state index contributed by atoms with van der Waals surface area (Å²) in [5.41, 5.74) is 7.12. The third kappa shape index (κ3) is 2.59. The van der Waals surface area contributed by atoms with E-state index in [2.05, 4.69) is 97.1 Å². The molecule has 0 atom stereocenters. The highest BCUT2D eigenvalue weighted by atomic mass is 16.4. The fourth-order valence-corrected chi connectivity index (χ4v) is 4.29. The molecule has 4 rings (SSSR count). The average Bonchev–Trinajstić information content (AvgIpc) is 3.03. The van der Waals surface area contributed by atoms with Crippen molar-refractivity contribution in [2.75, 3.05) is 7.11 Å². The molecule has 1 aliphatic carbocycles. The molecule has 0 bridgehead atoms. The second-order valence-electron chi connectivity index (χ2n) is 6.71. The predicted octanol–water partition coefficient (Wildman–Crippen LogP) is 5.87. The number of benzene rings is 3. The van der Waals surface area contributed by atoms with Gasteiger partial charge in [-0.15, -0.1) is 0 Å². The molecule has 3 aromatic rings.